The quantitative estimate of drug-likeness (QED) is 0.580. The number of hydrogen-bond acceptors (Lipinski definition) is 4. The molecule has 1 aromatic carbocycles. The number of benzene rings is 1. The lowest BCUT2D eigenvalue weighted by Crippen LogP contribution is -2.25. The zero-order chi connectivity index (χ0) is 15.4. The fraction of sp³-hybridized carbons (Fsp3) is 0.0769. The van der Waals surface area contributed by atoms with E-state index < -0.39 is 17.5 Å². The van der Waals surface area contributed by atoms with Gasteiger partial charge in [0.25, 0.3) is 5.91 Å². The molecule has 1 aromatic heterocycles. The van der Waals surface area contributed by atoms with Gasteiger partial charge in [-0.3, -0.25) is 4.79 Å². The first-order valence-electron chi connectivity index (χ1n) is 5.85. The van der Waals surface area contributed by atoms with E-state index in [-0.39, 0.29) is 17.9 Å². The number of halogens is 3. The molecule has 110 valence electrons. The minimum absolute atomic E-state index is 0.0482. The van der Waals surface area contributed by atoms with Crippen LogP contribution in [0.2, 0.25) is 0 Å². The lowest BCUT2D eigenvalue weighted by atomic mass is 10.2. The lowest BCUT2D eigenvalue weighted by molar-refractivity contribution is 0.0951. The van der Waals surface area contributed by atoms with Crippen LogP contribution in [-0.4, -0.2) is 10.9 Å². The summed E-state index contributed by atoms with van der Waals surface area (Å²) >= 11 is 3.20. The number of aromatic nitrogens is 1. The SMILES string of the molecule is NNc1ncc(Br)cc1C(=O)NCc1ccc(F)c(F)c1. The van der Waals surface area contributed by atoms with Gasteiger partial charge in [-0.1, -0.05) is 6.07 Å². The highest BCUT2D eigenvalue weighted by Crippen LogP contribution is 2.17. The number of rotatable bonds is 4. The molecule has 0 aliphatic heterocycles. The highest BCUT2D eigenvalue weighted by atomic mass is 79.9. The van der Waals surface area contributed by atoms with Crippen LogP contribution in [0.1, 0.15) is 15.9 Å². The Morgan fingerprint density at radius 1 is 1.29 bits per heavy atom. The van der Waals surface area contributed by atoms with Crippen LogP contribution in [0.3, 0.4) is 0 Å². The minimum atomic E-state index is -0.963. The fourth-order valence-electron chi connectivity index (χ4n) is 1.65. The number of nitrogens with two attached hydrogens (primary N) is 1. The molecule has 8 heteroatoms. The molecule has 0 radical (unpaired) electrons. The van der Waals surface area contributed by atoms with Crippen LogP contribution in [0.15, 0.2) is 34.9 Å². The molecule has 21 heavy (non-hydrogen) atoms. The molecule has 2 rings (SSSR count). The third-order valence-electron chi connectivity index (χ3n) is 2.67. The van der Waals surface area contributed by atoms with Crippen LogP contribution in [0.4, 0.5) is 14.6 Å². The van der Waals surface area contributed by atoms with E-state index >= 15 is 0 Å². The normalized spacial score (nSPS) is 10.3. The number of nitrogen functional groups attached to an aromatic ring is 1. The minimum Gasteiger partial charge on any atom is -0.348 e. The molecule has 2 aromatic rings. The van der Waals surface area contributed by atoms with Crippen LogP contribution in [0, 0.1) is 11.6 Å². The maximum absolute atomic E-state index is 13.1. The summed E-state index contributed by atoms with van der Waals surface area (Å²) in [5.41, 5.74) is 2.98. The predicted octanol–water partition coefficient (Wildman–Crippen LogP) is 2.34. The van der Waals surface area contributed by atoms with Crippen LogP contribution < -0.4 is 16.6 Å². The molecule has 0 spiro atoms. The molecule has 1 amide bonds. The van der Waals surface area contributed by atoms with Crippen LogP contribution in [0.25, 0.3) is 0 Å². The van der Waals surface area contributed by atoms with Gasteiger partial charge in [-0.2, -0.15) is 0 Å². The Balaban J connectivity index is 2.11. The Labute approximate surface area is 127 Å². The van der Waals surface area contributed by atoms with Gasteiger partial charge in [0, 0.05) is 17.2 Å². The Hall–Kier alpha value is -2.06. The number of amides is 1. The first-order valence-corrected chi connectivity index (χ1v) is 6.65. The zero-order valence-electron chi connectivity index (χ0n) is 10.7. The number of nitrogens with zero attached hydrogens (tertiary/aromatic N) is 1. The van der Waals surface area contributed by atoms with Crippen molar-refractivity contribution in [1.29, 1.82) is 0 Å². The Morgan fingerprint density at radius 3 is 2.71 bits per heavy atom. The van der Waals surface area contributed by atoms with E-state index in [1.165, 1.54) is 12.3 Å². The Bertz CT molecular complexity index is 681. The third-order valence-corrected chi connectivity index (χ3v) is 3.11. The predicted molar refractivity (Wildman–Crippen MR) is 77.3 cm³/mol. The lowest BCUT2D eigenvalue weighted by Gasteiger charge is -2.09. The molecule has 0 fully saturated rings. The molecule has 5 nitrogen and oxygen atoms in total. The molecule has 0 unspecified atom stereocenters. The van der Waals surface area contributed by atoms with Crippen molar-refractivity contribution in [1.82, 2.24) is 10.3 Å². The van der Waals surface area contributed by atoms with Gasteiger partial charge in [0.1, 0.15) is 0 Å². The summed E-state index contributed by atoms with van der Waals surface area (Å²) in [6, 6.07) is 4.96. The van der Waals surface area contributed by atoms with E-state index in [1.807, 2.05) is 0 Å². The van der Waals surface area contributed by atoms with E-state index in [1.54, 1.807) is 6.07 Å². The second-order valence-electron chi connectivity index (χ2n) is 4.13. The number of anilines is 1. The van der Waals surface area contributed by atoms with Crippen molar-refractivity contribution in [2.24, 2.45) is 5.84 Å². The topological polar surface area (TPSA) is 80.0 Å². The van der Waals surface area contributed by atoms with Crippen molar-refractivity contribution in [3.63, 3.8) is 0 Å². The van der Waals surface area contributed by atoms with E-state index in [0.29, 0.717) is 10.0 Å². The maximum Gasteiger partial charge on any atom is 0.255 e. The standard InChI is InChI=1S/C13H11BrF2N4O/c14-8-4-9(12(20-17)18-6-8)13(21)19-5-7-1-2-10(15)11(16)3-7/h1-4,6H,5,17H2,(H,18,20)(H,19,21). The van der Waals surface area contributed by atoms with Crippen LogP contribution >= 0.6 is 15.9 Å². The molecule has 0 bridgehead atoms. The first-order chi connectivity index (χ1) is 10.0. The van der Waals surface area contributed by atoms with E-state index in [4.69, 9.17) is 5.84 Å². The maximum atomic E-state index is 13.1. The van der Waals surface area contributed by atoms with Crippen LogP contribution in [-0.2, 0) is 6.54 Å². The largest absolute Gasteiger partial charge is 0.348 e. The second kappa shape index (κ2) is 6.59. The van der Waals surface area contributed by atoms with Crippen LogP contribution in [0.5, 0.6) is 0 Å². The molecular formula is C13H11BrF2N4O. The molecule has 0 saturated carbocycles. The van der Waals surface area contributed by atoms with Crippen molar-refractivity contribution in [2.75, 3.05) is 5.43 Å². The smallest absolute Gasteiger partial charge is 0.255 e. The Morgan fingerprint density at radius 2 is 2.05 bits per heavy atom. The molecule has 0 atom stereocenters. The number of carbonyl (C=O) groups is 1. The van der Waals surface area contributed by atoms with Gasteiger partial charge >= 0.3 is 0 Å². The number of hydrogen-bond donors (Lipinski definition) is 3. The number of pyridine rings is 1. The molecule has 1 heterocycles. The van der Waals surface area contributed by atoms with Crippen molar-refractivity contribution in [3.05, 3.63) is 57.7 Å². The third kappa shape index (κ3) is 3.73. The summed E-state index contributed by atoms with van der Waals surface area (Å²) in [6.45, 7) is 0.0482. The van der Waals surface area contributed by atoms with E-state index in [9.17, 15) is 13.6 Å². The van der Waals surface area contributed by atoms with Gasteiger partial charge in [0.15, 0.2) is 17.5 Å². The van der Waals surface area contributed by atoms with Crippen molar-refractivity contribution >= 4 is 27.7 Å². The summed E-state index contributed by atoms with van der Waals surface area (Å²) in [5, 5.41) is 2.58. The number of carbonyl (C=O) groups excluding carboxylic acids is 1. The van der Waals surface area contributed by atoms with Crippen molar-refractivity contribution in [2.45, 2.75) is 6.54 Å². The van der Waals surface area contributed by atoms with Crippen molar-refractivity contribution < 1.29 is 13.6 Å². The van der Waals surface area contributed by atoms with E-state index in [2.05, 4.69) is 31.7 Å². The van der Waals surface area contributed by atoms with Gasteiger partial charge in [0.05, 0.1) is 5.56 Å². The second-order valence-corrected chi connectivity index (χ2v) is 5.04. The van der Waals surface area contributed by atoms with Gasteiger partial charge in [-0.25, -0.2) is 19.6 Å². The summed E-state index contributed by atoms with van der Waals surface area (Å²) in [7, 11) is 0. The highest BCUT2D eigenvalue weighted by Gasteiger charge is 2.13. The average Bonchev–Trinajstić information content (AvgIpc) is 2.48. The number of hydrazine groups is 1. The fourth-order valence-corrected chi connectivity index (χ4v) is 1.99. The summed E-state index contributed by atoms with van der Waals surface area (Å²) in [4.78, 5) is 16.0. The first kappa shape index (κ1) is 15.3. The van der Waals surface area contributed by atoms with Gasteiger partial charge in [-0.15, -0.1) is 0 Å². The average molecular weight is 357 g/mol. The molecule has 0 aliphatic carbocycles. The van der Waals surface area contributed by atoms with Gasteiger partial charge in [0.2, 0.25) is 0 Å². The highest BCUT2D eigenvalue weighted by molar-refractivity contribution is 9.10. The number of nitrogens with one attached hydrogen (secondary N) is 2. The summed E-state index contributed by atoms with van der Waals surface area (Å²) in [5.74, 6) is 3.15. The van der Waals surface area contributed by atoms with Gasteiger partial charge in [-0.05, 0) is 39.7 Å². The van der Waals surface area contributed by atoms with Gasteiger partial charge < -0.3 is 10.7 Å². The van der Waals surface area contributed by atoms with E-state index in [0.717, 1.165) is 12.1 Å². The summed E-state index contributed by atoms with van der Waals surface area (Å²) < 4.78 is 26.5. The monoisotopic (exact) mass is 356 g/mol. The molecular weight excluding hydrogens is 346 g/mol. The Kier molecular flexibility index (Phi) is 4.81. The molecule has 4 N–H and O–H groups in total. The molecule has 0 saturated heterocycles. The zero-order valence-corrected chi connectivity index (χ0v) is 12.2. The summed E-state index contributed by atoms with van der Waals surface area (Å²) in [6.07, 6.45) is 1.49. The van der Waals surface area contributed by atoms with Crippen molar-refractivity contribution in [3.8, 4) is 0 Å². The molecule has 0 aliphatic rings.